The molecular weight excluding hydrogens is 385 g/mol. The van der Waals surface area contributed by atoms with Gasteiger partial charge in [0.1, 0.15) is 6.07 Å². The van der Waals surface area contributed by atoms with Gasteiger partial charge in [0.15, 0.2) is 4.34 Å². The van der Waals surface area contributed by atoms with Crippen LogP contribution in [0.1, 0.15) is 5.56 Å². The van der Waals surface area contributed by atoms with E-state index >= 15 is 0 Å². The highest BCUT2D eigenvalue weighted by Gasteiger charge is 2.09. The number of carbonyl (C=O) groups is 1. The number of nitrogens with one attached hydrogen (secondary N) is 1. The molecule has 0 atom stereocenters. The summed E-state index contributed by atoms with van der Waals surface area (Å²) in [6, 6.07) is 12.3. The highest BCUT2D eigenvalue weighted by atomic mass is 35.5. The van der Waals surface area contributed by atoms with Crippen LogP contribution in [0.5, 0.6) is 0 Å². The molecule has 0 aliphatic carbocycles. The number of fused-ring (bicyclic) bond motifs is 1. The number of nitriles is 1. The quantitative estimate of drug-likeness (QED) is 0.618. The number of amides is 1. The van der Waals surface area contributed by atoms with Crippen LogP contribution in [0.15, 0.2) is 40.7 Å². The first-order valence-electron chi connectivity index (χ1n) is 6.73. The second kappa shape index (κ2) is 7.41. The van der Waals surface area contributed by atoms with Gasteiger partial charge in [0.05, 0.1) is 26.6 Å². The molecule has 0 fully saturated rings. The Bertz CT molecular complexity index is 966. The largest absolute Gasteiger partial charge is 0.325 e. The summed E-state index contributed by atoms with van der Waals surface area (Å²) in [5.74, 6) is 0.0589. The Morgan fingerprint density at radius 1 is 1.29 bits per heavy atom. The molecule has 0 bridgehead atoms. The number of rotatable bonds is 4. The molecule has 8 heteroatoms. The number of thiazole rings is 1. The molecule has 2 aromatic carbocycles. The molecule has 0 saturated heterocycles. The van der Waals surface area contributed by atoms with Crippen LogP contribution < -0.4 is 5.32 Å². The van der Waals surface area contributed by atoms with E-state index in [0.29, 0.717) is 21.3 Å². The van der Waals surface area contributed by atoms with Crippen LogP contribution in [0.2, 0.25) is 10.0 Å². The van der Waals surface area contributed by atoms with Crippen molar-refractivity contribution in [3.63, 3.8) is 0 Å². The second-order valence-electron chi connectivity index (χ2n) is 4.74. The van der Waals surface area contributed by atoms with Crippen LogP contribution in [0, 0.1) is 11.3 Å². The lowest BCUT2D eigenvalue weighted by atomic mass is 10.2. The van der Waals surface area contributed by atoms with Crippen molar-refractivity contribution in [1.82, 2.24) is 4.98 Å². The van der Waals surface area contributed by atoms with E-state index in [9.17, 15) is 4.79 Å². The Hall–Kier alpha value is -1.78. The maximum atomic E-state index is 12.0. The summed E-state index contributed by atoms with van der Waals surface area (Å²) in [6.07, 6.45) is 0. The molecule has 0 unspecified atom stereocenters. The number of hydrogen-bond donors (Lipinski definition) is 1. The first-order chi connectivity index (χ1) is 11.5. The van der Waals surface area contributed by atoms with Gasteiger partial charge in [0, 0.05) is 10.7 Å². The van der Waals surface area contributed by atoms with Crippen LogP contribution >= 0.6 is 46.3 Å². The zero-order valence-electron chi connectivity index (χ0n) is 12.0. The number of carbonyl (C=O) groups excluding carboxylic acids is 1. The summed E-state index contributed by atoms with van der Waals surface area (Å²) in [4.78, 5) is 16.5. The summed E-state index contributed by atoms with van der Waals surface area (Å²) in [5.41, 5.74) is 1.76. The Labute approximate surface area is 156 Å². The van der Waals surface area contributed by atoms with Crippen molar-refractivity contribution in [2.24, 2.45) is 0 Å². The van der Waals surface area contributed by atoms with E-state index in [1.165, 1.54) is 23.1 Å². The predicted octanol–water partition coefficient (Wildman–Crippen LogP) is 5.21. The fourth-order valence-electron chi connectivity index (χ4n) is 1.95. The molecular formula is C16H9Cl2N3OS2. The van der Waals surface area contributed by atoms with Gasteiger partial charge >= 0.3 is 0 Å². The highest BCUT2D eigenvalue weighted by Crippen LogP contribution is 2.31. The minimum Gasteiger partial charge on any atom is -0.325 e. The molecule has 1 amide bonds. The Morgan fingerprint density at radius 2 is 2.12 bits per heavy atom. The topological polar surface area (TPSA) is 65.8 Å². The highest BCUT2D eigenvalue weighted by molar-refractivity contribution is 8.01. The van der Waals surface area contributed by atoms with Gasteiger partial charge in [-0.15, -0.1) is 11.3 Å². The summed E-state index contributed by atoms with van der Waals surface area (Å²) < 4.78 is 1.83. The van der Waals surface area contributed by atoms with E-state index in [4.69, 9.17) is 28.5 Å². The molecule has 0 spiro atoms. The minimum absolute atomic E-state index is 0.168. The smallest absolute Gasteiger partial charge is 0.234 e. The van der Waals surface area contributed by atoms with Gasteiger partial charge in [0.2, 0.25) is 5.91 Å². The summed E-state index contributed by atoms with van der Waals surface area (Å²) in [6.45, 7) is 0. The summed E-state index contributed by atoms with van der Waals surface area (Å²) >= 11 is 14.8. The van der Waals surface area contributed by atoms with Crippen LogP contribution in [0.4, 0.5) is 5.69 Å². The molecule has 24 heavy (non-hydrogen) atoms. The number of halogens is 2. The van der Waals surface area contributed by atoms with Crippen molar-refractivity contribution in [1.29, 1.82) is 5.26 Å². The molecule has 0 aliphatic heterocycles. The first kappa shape index (κ1) is 17.1. The van der Waals surface area contributed by atoms with Crippen molar-refractivity contribution in [3.05, 3.63) is 52.0 Å². The van der Waals surface area contributed by atoms with Crippen LogP contribution in [0.25, 0.3) is 10.2 Å². The summed E-state index contributed by atoms with van der Waals surface area (Å²) in [7, 11) is 0. The van der Waals surface area contributed by atoms with E-state index < -0.39 is 0 Å². The third kappa shape index (κ3) is 4.00. The molecule has 0 aliphatic rings. The lowest BCUT2D eigenvalue weighted by molar-refractivity contribution is -0.113. The average molecular weight is 394 g/mol. The van der Waals surface area contributed by atoms with Gasteiger partial charge < -0.3 is 5.32 Å². The molecule has 0 saturated carbocycles. The Kier molecular flexibility index (Phi) is 5.27. The number of aromatic nitrogens is 1. The Morgan fingerprint density at radius 3 is 2.88 bits per heavy atom. The lowest BCUT2D eigenvalue weighted by Crippen LogP contribution is -2.13. The van der Waals surface area contributed by atoms with E-state index in [1.807, 2.05) is 18.2 Å². The van der Waals surface area contributed by atoms with Crippen molar-refractivity contribution in [2.45, 2.75) is 4.34 Å². The first-order valence-corrected chi connectivity index (χ1v) is 9.29. The monoisotopic (exact) mass is 393 g/mol. The molecule has 3 rings (SSSR count). The van der Waals surface area contributed by atoms with E-state index in [0.717, 1.165) is 14.6 Å². The van der Waals surface area contributed by atoms with Crippen molar-refractivity contribution in [2.75, 3.05) is 11.1 Å². The molecule has 1 aromatic heterocycles. The maximum absolute atomic E-state index is 12.0. The third-order valence-electron chi connectivity index (χ3n) is 3.03. The van der Waals surface area contributed by atoms with Gasteiger partial charge in [-0.25, -0.2) is 4.98 Å². The number of thioether (sulfide) groups is 1. The van der Waals surface area contributed by atoms with Gasteiger partial charge in [-0.05, 0) is 36.4 Å². The van der Waals surface area contributed by atoms with Gasteiger partial charge in [0.25, 0.3) is 0 Å². The molecule has 1 heterocycles. The number of hydrogen-bond acceptors (Lipinski definition) is 5. The number of benzene rings is 2. The van der Waals surface area contributed by atoms with Gasteiger partial charge in [-0.2, -0.15) is 5.26 Å². The predicted molar refractivity (Wildman–Crippen MR) is 100 cm³/mol. The molecule has 120 valence electrons. The molecule has 0 radical (unpaired) electrons. The normalized spacial score (nSPS) is 10.5. The maximum Gasteiger partial charge on any atom is 0.234 e. The fraction of sp³-hybridized carbons (Fsp3) is 0.0625. The minimum atomic E-state index is -0.168. The van der Waals surface area contributed by atoms with E-state index in [2.05, 4.69) is 10.3 Å². The molecule has 1 N–H and O–H groups in total. The van der Waals surface area contributed by atoms with E-state index in [-0.39, 0.29) is 11.7 Å². The second-order valence-corrected chi connectivity index (χ2v) is 7.83. The lowest BCUT2D eigenvalue weighted by Gasteiger charge is -2.05. The number of nitrogens with zero attached hydrogens (tertiary/aromatic N) is 2. The van der Waals surface area contributed by atoms with Crippen molar-refractivity contribution >= 4 is 68.1 Å². The van der Waals surface area contributed by atoms with Crippen molar-refractivity contribution in [3.8, 4) is 6.07 Å². The van der Waals surface area contributed by atoms with Gasteiger partial charge in [-0.1, -0.05) is 35.0 Å². The summed E-state index contributed by atoms with van der Waals surface area (Å²) in [5, 5.41) is 12.5. The van der Waals surface area contributed by atoms with Gasteiger partial charge in [-0.3, -0.25) is 4.79 Å². The SMILES string of the molecule is N#Cc1ccc(NC(=O)CSc2nc3cc(Cl)ccc3s2)cc1Cl. The van der Waals surface area contributed by atoms with Crippen LogP contribution in [-0.2, 0) is 4.79 Å². The average Bonchev–Trinajstić information content (AvgIpc) is 2.95. The zero-order chi connectivity index (χ0) is 17.1. The third-order valence-corrected chi connectivity index (χ3v) is 5.76. The zero-order valence-corrected chi connectivity index (χ0v) is 15.2. The van der Waals surface area contributed by atoms with Crippen LogP contribution in [0.3, 0.4) is 0 Å². The number of anilines is 1. The molecule has 3 aromatic rings. The Balaban J connectivity index is 1.62. The van der Waals surface area contributed by atoms with Crippen LogP contribution in [-0.4, -0.2) is 16.6 Å². The standard InChI is InChI=1S/C16H9Cl2N3OS2/c17-10-2-4-14-13(5-10)21-16(24-14)23-8-15(22)20-11-3-1-9(7-19)12(18)6-11/h1-6H,8H2,(H,20,22). The molecule has 4 nitrogen and oxygen atoms in total. The van der Waals surface area contributed by atoms with Crippen molar-refractivity contribution < 1.29 is 4.79 Å². The fourth-order valence-corrected chi connectivity index (χ4v) is 4.19. The van der Waals surface area contributed by atoms with E-state index in [1.54, 1.807) is 24.3 Å².